The van der Waals surface area contributed by atoms with E-state index in [9.17, 15) is 4.39 Å². The third kappa shape index (κ3) is 2.53. The second-order valence-corrected chi connectivity index (χ2v) is 4.98. The van der Waals surface area contributed by atoms with Gasteiger partial charge in [0.15, 0.2) is 11.6 Å². The van der Waals surface area contributed by atoms with E-state index in [1.165, 1.54) is 0 Å². The fourth-order valence-electron chi connectivity index (χ4n) is 2.27. The molecule has 0 aliphatic carbocycles. The van der Waals surface area contributed by atoms with Crippen molar-refractivity contribution in [3.05, 3.63) is 35.9 Å². The SMILES string of the molecule is CCOc1ccnc(C(C)C2(C)C=CC(C)=N2)c1F. The zero-order valence-electron chi connectivity index (χ0n) is 11.8. The van der Waals surface area contributed by atoms with Gasteiger partial charge in [-0.1, -0.05) is 13.0 Å². The van der Waals surface area contributed by atoms with Crippen LogP contribution in [-0.2, 0) is 0 Å². The highest BCUT2D eigenvalue weighted by Crippen LogP contribution is 2.37. The molecule has 1 aromatic heterocycles. The Labute approximate surface area is 113 Å². The van der Waals surface area contributed by atoms with Gasteiger partial charge in [-0.05, 0) is 26.8 Å². The largest absolute Gasteiger partial charge is 0.491 e. The van der Waals surface area contributed by atoms with Crippen LogP contribution in [0.5, 0.6) is 5.75 Å². The number of allylic oxidation sites excluding steroid dienone is 1. The van der Waals surface area contributed by atoms with Crippen LogP contribution in [0.2, 0.25) is 0 Å². The van der Waals surface area contributed by atoms with Gasteiger partial charge in [0, 0.05) is 23.9 Å². The van der Waals surface area contributed by atoms with Gasteiger partial charge in [0.1, 0.15) is 0 Å². The van der Waals surface area contributed by atoms with E-state index in [1.807, 2.05) is 39.8 Å². The summed E-state index contributed by atoms with van der Waals surface area (Å²) in [6, 6.07) is 1.55. The summed E-state index contributed by atoms with van der Waals surface area (Å²) >= 11 is 0. The molecule has 0 radical (unpaired) electrons. The third-order valence-electron chi connectivity index (χ3n) is 3.55. The van der Waals surface area contributed by atoms with Gasteiger partial charge in [0.25, 0.3) is 0 Å². The molecule has 2 heterocycles. The van der Waals surface area contributed by atoms with E-state index in [1.54, 1.807) is 12.3 Å². The van der Waals surface area contributed by atoms with Gasteiger partial charge in [-0.25, -0.2) is 4.39 Å². The second kappa shape index (κ2) is 5.11. The van der Waals surface area contributed by atoms with Crippen molar-refractivity contribution in [3.63, 3.8) is 0 Å². The highest BCUT2D eigenvalue weighted by Gasteiger charge is 2.34. The Morgan fingerprint density at radius 1 is 1.47 bits per heavy atom. The summed E-state index contributed by atoms with van der Waals surface area (Å²) in [5, 5.41) is 0. The quantitative estimate of drug-likeness (QED) is 0.832. The van der Waals surface area contributed by atoms with Crippen molar-refractivity contribution in [2.45, 2.75) is 39.2 Å². The summed E-state index contributed by atoms with van der Waals surface area (Å²) in [6.45, 7) is 8.13. The van der Waals surface area contributed by atoms with Crippen LogP contribution >= 0.6 is 0 Å². The van der Waals surface area contributed by atoms with Gasteiger partial charge < -0.3 is 4.74 Å². The van der Waals surface area contributed by atoms with Crippen molar-refractivity contribution in [3.8, 4) is 5.75 Å². The van der Waals surface area contributed by atoms with Crippen LogP contribution in [0.25, 0.3) is 0 Å². The Morgan fingerprint density at radius 3 is 2.79 bits per heavy atom. The molecule has 1 aromatic rings. The van der Waals surface area contributed by atoms with Crippen LogP contribution in [0.3, 0.4) is 0 Å². The van der Waals surface area contributed by atoms with Crippen molar-refractivity contribution < 1.29 is 9.13 Å². The molecule has 19 heavy (non-hydrogen) atoms. The number of pyridine rings is 1. The van der Waals surface area contributed by atoms with Gasteiger partial charge >= 0.3 is 0 Å². The van der Waals surface area contributed by atoms with Crippen molar-refractivity contribution in [2.24, 2.45) is 4.99 Å². The maximum Gasteiger partial charge on any atom is 0.186 e. The zero-order valence-corrected chi connectivity index (χ0v) is 11.8. The molecule has 0 saturated carbocycles. The number of aromatic nitrogens is 1. The average Bonchev–Trinajstić information content (AvgIpc) is 2.73. The van der Waals surface area contributed by atoms with Gasteiger partial charge in [0.05, 0.1) is 17.8 Å². The number of hydrogen-bond acceptors (Lipinski definition) is 3. The van der Waals surface area contributed by atoms with Crippen molar-refractivity contribution in [2.75, 3.05) is 6.61 Å². The Balaban J connectivity index is 2.37. The highest BCUT2D eigenvalue weighted by atomic mass is 19.1. The maximum absolute atomic E-state index is 14.4. The van der Waals surface area contributed by atoms with E-state index >= 15 is 0 Å². The molecule has 0 fully saturated rings. The topological polar surface area (TPSA) is 34.5 Å². The summed E-state index contributed by atoms with van der Waals surface area (Å²) < 4.78 is 19.6. The fourth-order valence-corrected chi connectivity index (χ4v) is 2.27. The molecule has 0 saturated heterocycles. The van der Waals surface area contributed by atoms with Crippen LogP contribution in [0.1, 0.15) is 39.3 Å². The van der Waals surface area contributed by atoms with Crippen LogP contribution in [0.15, 0.2) is 29.4 Å². The molecule has 102 valence electrons. The molecule has 1 aliphatic heterocycles. The maximum atomic E-state index is 14.4. The van der Waals surface area contributed by atoms with E-state index < -0.39 is 5.54 Å². The summed E-state index contributed by atoms with van der Waals surface area (Å²) in [6.07, 6.45) is 5.54. The van der Waals surface area contributed by atoms with Gasteiger partial charge in [-0.3, -0.25) is 9.98 Å². The Kier molecular flexibility index (Phi) is 3.69. The molecule has 2 atom stereocenters. The molecule has 3 nitrogen and oxygen atoms in total. The van der Waals surface area contributed by atoms with E-state index in [0.29, 0.717) is 12.3 Å². The van der Waals surface area contributed by atoms with Crippen LogP contribution in [0, 0.1) is 5.82 Å². The molecule has 0 spiro atoms. The van der Waals surface area contributed by atoms with Gasteiger partial charge in [0.2, 0.25) is 0 Å². The average molecular weight is 262 g/mol. The smallest absolute Gasteiger partial charge is 0.186 e. The predicted octanol–water partition coefficient (Wildman–Crippen LogP) is 3.51. The molecule has 1 aliphatic rings. The van der Waals surface area contributed by atoms with Crippen molar-refractivity contribution in [1.29, 1.82) is 0 Å². The van der Waals surface area contributed by atoms with E-state index in [2.05, 4.69) is 9.98 Å². The second-order valence-electron chi connectivity index (χ2n) is 4.98. The minimum Gasteiger partial charge on any atom is -0.491 e. The first kappa shape index (κ1) is 13.7. The molecule has 0 bridgehead atoms. The van der Waals surface area contributed by atoms with Gasteiger partial charge in [-0.15, -0.1) is 0 Å². The molecule has 0 N–H and O–H groups in total. The number of nitrogens with zero attached hydrogens (tertiary/aromatic N) is 2. The Bertz CT molecular complexity index is 539. The Morgan fingerprint density at radius 2 is 2.21 bits per heavy atom. The summed E-state index contributed by atoms with van der Waals surface area (Å²) in [5.41, 5.74) is 0.912. The standard InChI is InChI=1S/C15H19FN2O/c1-5-19-12-7-9-17-14(13(12)16)11(3)15(4)8-6-10(2)18-15/h6-9,11H,5H2,1-4H3. The fraction of sp³-hybridized carbons (Fsp3) is 0.467. The predicted molar refractivity (Wildman–Crippen MR) is 74.4 cm³/mol. The van der Waals surface area contributed by atoms with Crippen molar-refractivity contribution >= 4 is 5.71 Å². The van der Waals surface area contributed by atoms with E-state index in [0.717, 1.165) is 5.71 Å². The number of aliphatic imine (C=N–C) groups is 1. The molecule has 0 aromatic carbocycles. The lowest BCUT2D eigenvalue weighted by atomic mass is 9.85. The first-order valence-corrected chi connectivity index (χ1v) is 6.51. The highest BCUT2D eigenvalue weighted by molar-refractivity contribution is 5.95. The summed E-state index contributed by atoms with van der Waals surface area (Å²) in [7, 11) is 0. The Hall–Kier alpha value is -1.71. The molecule has 4 heteroatoms. The summed E-state index contributed by atoms with van der Waals surface area (Å²) in [5.74, 6) is -0.279. The van der Waals surface area contributed by atoms with Crippen LogP contribution < -0.4 is 4.74 Å². The van der Waals surface area contributed by atoms with Crippen LogP contribution in [-0.4, -0.2) is 22.8 Å². The number of halogens is 1. The first-order valence-electron chi connectivity index (χ1n) is 6.51. The first-order chi connectivity index (χ1) is 8.98. The molecule has 2 rings (SSSR count). The molecular formula is C15H19FN2O. The molecular weight excluding hydrogens is 243 g/mol. The molecule has 0 amide bonds. The third-order valence-corrected chi connectivity index (χ3v) is 3.55. The van der Waals surface area contributed by atoms with E-state index in [-0.39, 0.29) is 17.5 Å². The lowest BCUT2D eigenvalue weighted by molar-refractivity contribution is 0.316. The van der Waals surface area contributed by atoms with Gasteiger partial charge in [-0.2, -0.15) is 0 Å². The minimum atomic E-state index is -0.442. The number of rotatable bonds is 4. The normalized spacial score (nSPS) is 23.3. The zero-order chi connectivity index (χ0) is 14.0. The lowest BCUT2D eigenvalue weighted by Gasteiger charge is -2.27. The van der Waals surface area contributed by atoms with Crippen molar-refractivity contribution in [1.82, 2.24) is 4.98 Å². The lowest BCUT2D eigenvalue weighted by Crippen LogP contribution is -2.27. The van der Waals surface area contributed by atoms with E-state index in [4.69, 9.17) is 4.74 Å². The summed E-state index contributed by atoms with van der Waals surface area (Å²) in [4.78, 5) is 8.75. The number of hydrogen-bond donors (Lipinski definition) is 0. The molecule has 2 unspecified atom stereocenters. The monoisotopic (exact) mass is 262 g/mol. The van der Waals surface area contributed by atoms with Crippen LogP contribution in [0.4, 0.5) is 4.39 Å². The minimum absolute atomic E-state index is 0.151. The number of ether oxygens (including phenoxy) is 1.